The molecule has 1 fully saturated rings. The molecule has 0 aliphatic carbocycles. The monoisotopic (exact) mass is 185 g/mol. The average Bonchev–Trinajstić information content (AvgIpc) is 2.50. The Morgan fingerprint density at radius 1 is 1.38 bits per heavy atom. The predicted octanol–water partition coefficient (Wildman–Crippen LogP) is 0.358. The van der Waals surface area contributed by atoms with Crippen LogP contribution in [0.15, 0.2) is 0 Å². The van der Waals surface area contributed by atoms with E-state index < -0.39 is 0 Å². The second-order valence-electron chi connectivity index (χ2n) is 4.50. The van der Waals surface area contributed by atoms with E-state index >= 15 is 0 Å². The van der Waals surface area contributed by atoms with E-state index in [1.54, 1.807) is 0 Å². The van der Waals surface area contributed by atoms with Crippen molar-refractivity contribution >= 4 is 0 Å². The number of nitrogens with zero attached hydrogens (tertiary/aromatic N) is 2. The summed E-state index contributed by atoms with van der Waals surface area (Å²) in [7, 11) is 4.31. The first-order chi connectivity index (χ1) is 6.02. The third-order valence-electron chi connectivity index (χ3n) is 3.26. The molecule has 0 radical (unpaired) electrons. The van der Waals surface area contributed by atoms with Crippen LogP contribution in [0.4, 0.5) is 0 Å². The Morgan fingerprint density at radius 2 is 2.00 bits per heavy atom. The quantitative estimate of drug-likeness (QED) is 0.689. The minimum Gasteiger partial charge on any atom is -0.327 e. The summed E-state index contributed by atoms with van der Waals surface area (Å²) in [4.78, 5) is 4.81. The Morgan fingerprint density at radius 3 is 2.38 bits per heavy atom. The van der Waals surface area contributed by atoms with Crippen LogP contribution < -0.4 is 5.73 Å². The Kier molecular flexibility index (Phi) is 3.71. The van der Waals surface area contributed by atoms with Crippen molar-refractivity contribution in [2.45, 2.75) is 38.4 Å². The van der Waals surface area contributed by atoms with Crippen molar-refractivity contribution < 1.29 is 0 Å². The first-order valence-electron chi connectivity index (χ1n) is 5.18. The van der Waals surface area contributed by atoms with E-state index in [0.29, 0.717) is 6.04 Å². The summed E-state index contributed by atoms with van der Waals surface area (Å²) in [6, 6.07) is 1.52. The second kappa shape index (κ2) is 4.40. The highest BCUT2D eigenvalue weighted by Crippen LogP contribution is 2.16. The largest absolute Gasteiger partial charge is 0.327 e. The van der Waals surface area contributed by atoms with E-state index in [0.717, 1.165) is 6.04 Å². The lowest BCUT2D eigenvalue weighted by Gasteiger charge is -2.28. The van der Waals surface area contributed by atoms with Gasteiger partial charge in [0, 0.05) is 31.2 Å². The van der Waals surface area contributed by atoms with E-state index in [2.05, 4.69) is 37.7 Å². The molecular formula is C10H23N3. The number of hydrogen-bond donors (Lipinski definition) is 1. The highest BCUT2D eigenvalue weighted by atomic mass is 15.3. The van der Waals surface area contributed by atoms with Gasteiger partial charge in [0.05, 0.1) is 0 Å². The molecule has 0 aromatic heterocycles. The fourth-order valence-corrected chi connectivity index (χ4v) is 1.89. The van der Waals surface area contributed by atoms with Gasteiger partial charge in [-0.05, 0) is 34.4 Å². The Labute approximate surface area is 81.9 Å². The van der Waals surface area contributed by atoms with Crippen molar-refractivity contribution in [3.05, 3.63) is 0 Å². The minimum atomic E-state index is 0.279. The fourth-order valence-electron chi connectivity index (χ4n) is 1.89. The highest BCUT2D eigenvalue weighted by Gasteiger charge is 2.28. The summed E-state index contributed by atoms with van der Waals surface area (Å²) in [5.74, 6) is 0. The number of rotatable bonds is 3. The molecule has 0 bridgehead atoms. The summed E-state index contributed by atoms with van der Waals surface area (Å²) in [5.41, 5.74) is 5.88. The third-order valence-corrected chi connectivity index (χ3v) is 3.26. The molecule has 78 valence electrons. The van der Waals surface area contributed by atoms with Gasteiger partial charge in [-0.3, -0.25) is 4.90 Å². The molecule has 1 aliphatic rings. The van der Waals surface area contributed by atoms with Gasteiger partial charge >= 0.3 is 0 Å². The molecule has 0 saturated carbocycles. The summed E-state index contributed by atoms with van der Waals surface area (Å²) < 4.78 is 0. The standard InChI is InChI=1S/C10H23N3/c1-8(11)9(2)13-6-5-10(7-13)12(3)4/h8-10H,5-7,11H2,1-4H3. The average molecular weight is 185 g/mol. The van der Waals surface area contributed by atoms with E-state index in [9.17, 15) is 0 Å². The molecule has 0 aromatic rings. The maximum absolute atomic E-state index is 5.88. The third kappa shape index (κ3) is 2.66. The summed E-state index contributed by atoms with van der Waals surface area (Å²) in [5, 5.41) is 0. The maximum Gasteiger partial charge on any atom is 0.0229 e. The molecular weight excluding hydrogens is 162 g/mol. The van der Waals surface area contributed by atoms with E-state index in [1.165, 1.54) is 19.5 Å². The van der Waals surface area contributed by atoms with Gasteiger partial charge in [0.25, 0.3) is 0 Å². The fraction of sp³-hybridized carbons (Fsp3) is 1.00. The van der Waals surface area contributed by atoms with Crippen molar-refractivity contribution in [3.8, 4) is 0 Å². The first kappa shape index (κ1) is 11.0. The molecule has 2 N–H and O–H groups in total. The van der Waals surface area contributed by atoms with Crippen molar-refractivity contribution in [1.29, 1.82) is 0 Å². The molecule has 3 unspecified atom stereocenters. The zero-order chi connectivity index (χ0) is 10.0. The molecule has 3 atom stereocenters. The smallest absolute Gasteiger partial charge is 0.0229 e. The lowest BCUT2D eigenvalue weighted by atomic mass is 10.1. The van der Waals surface area contributed by atoms with Crippen LogP contribution in [-0.2, 0) is 0 Å². The van der Waals surface area contributed by atoms with Crippen LogP contribution in [0.25, 0.3) is 0 Å². The molecule has 3 nitrogen and oxygen atoms in total. The summed E-state index contributed by atoms with van der Waals surface area (Å²) in [6.45, 7) is 6.69. The van der Waals surface area contributed by atoms with Gasteiger partial charge in [0.2, 0.25) is 0 Å². The Balaban J connectivity index is 2.40. The van der Waals surface area contributed by atoms with Gasteiger partial charge in [-0.25, -0.2) is 0 Å². The lowest BCUT2D eigenvalue weighted by molar-refractivity contribution is 0.208. The Hall–Kier alpha value is -0.120. The van der Waals surface area contributed by atoms with Gasteiger partial charge in [-0.15, -0.1) is 0 Å². The normalized spacial score (nSPS) is 29.5. The lowest BCUT2D eigenvalue weighted by Crippen LogP contribution is -2.44. The Bertz CT molecular complexity index is 156. The van der Waals surface area contributed by atoms with E-state index in [4.69, 9.17) is 5.73 Å². The molecule has 1 rings (SSSR count). The van der Waals surface area contributed by atoms with Crippen LogP contribution in [0.5, 0.6) is 0 Å². The van der Waals surface area contributed by atoms with E-state index in [-0.39, 0.29) is 6.04 Å². The number of likely N-dealkylation sites (N-methyl/N-ethyl adjacent to an activating group) is 1. The van der Waals surface area contributed by atoms with Crippen molar-refractivity contribution in [3.63, 3.8) is 0 Å². The second-order valence-corrected chi connectivity index (χ2v) is 4.50. The van der Waals surface area contributed by atoms with Crippen LogP contribution in [0.3, 0.4) is 0 Å². The highest BCUT2D eigenvalue weighted by molar-refractivity contribution is 4.86. The van der Waals surface area contributed by atoms with Crippen LogP contribution in [0.2, 0.25) is 0 Å². The van der Waals surface area contributed by atoms with Crippen molar-refractivity contribution in [2.75, 3.05) is 27.2 Å². The van der Waals surface area contributed by atoms with Gasteiger partial charge < -0.3 is 10.6 Å². The molecule has 0 aromatic carbocycles. The van der Waals surface area contributed by atoms with Crippen LogP contribution in [0, 0.1) is 0 Å². The van der Waals surface area contributed by atoms with Gasteiger partial charge in [-0.2, -0.15) is 0 Å². The molecule has 1 heterocycles. The zero-order valence-electron chi connectivity index (χ0n) is 9.33. The molecule has 1 saturated heterocycles. The molecule has 3 heteroatoms. The van der Waals surface area contributed by atoms with Crippen LogP contribution in [0.1, 0.15) is 20.3 Å². The summed E-state index contributed by atoms with van der Waals surface area (Å²) in [6.07, 6.45) is 1.28. The number of likely N-dealkylation sites (tertiary alicyclic amines) is 1. The summed E-state index contributed by atoms with van der Waals surface area (Å²) >= 11 is 0. The van der Waals surface area contributed by atoms with E-state index in [1.807, 2.05) is 0 Å². The van der Waals surface area contributed by atoms with Crippen molar-refractivity contribution in [1.82, 2.24) is 9.80 Å². The molecule has 0 amide bonds. The van der Waals surface area contributed by atoms with Gasteiger partial charge in [0.1, 0.15) is 0 Å². The maximum atomic E-state index is 5.88. The van der Waals surface area contributed by atoms with Gasteiger partial charge in [-0.1, -0.05) is 0 Å². The predicted molar refractivity (Wildman–Crippen MR) is 56.8 cm³/mol. The topological polar surface area (TPSA) is 32.5 Å². The molecule has 1 aliphatic heterocycles. The number of hydrogen-bond acceptors (Lipinski definition) is 3. The van der Waals surface area contributed by atoms with Crippen LogP contribution >= 0.6 is 0 Å². The van der Waals surface area contributed by atoms with Crippen molar-refractivity contribution in [2.24, 2.45) is 5.73 Å². The molecule has 13 heavy (non-hydrogen) atoms. The zero-order valence-corrected chi connectivity index (χ0v) is 9.33. The van der Waals surface area contributed by atoms with Gasteiger partial charge in [0.15, 0.2) is 0 Å². The SMILES string of the molecule is CC(N)C(C)N1CCC(N(C)C)C1. The number of nitrogens with two attached hydrogens (primary N) is 1. The molecule has 0 spiro atoms. The van der Waals surface area contributed by atoms with Crippen LogP contribution in [-0.4, -0.2) is 55.1 Å². The minimum absolute atomic E-state index is 0.279. The first-order valence-corrected chi connectivity index (χ1v) is 5.18.